The number of carbonyl (C=O) groups excluding carboxylic acids is 3. The number of piperazine rings is 1. The van der Waals surface area contributed by atoms with E-state index in [1.165, 1.54) is 24.3 Å². The molecular weight excluding hydrogens is 671 g/mol. The lowest BCUT2D eigenvalue weighted by molar-refractivity contribution is -0.133. The molecule has 4 aromatic rings. The fourth-order valence-electron chi connectivity index (χ4n) is 6.81. The van der Waals surface area contributed by atoms with Crippen LogP contribution in [0.4, 0.5) is 11.5 Å². The Morgan fingerprint density at radius 2 is 1.57 bits per heavy atom. The van der Waals surface area contributed by atoms with Gasteiger partial charge in [0.2, 0.25) is 5.91 Å². The van der Waals surface area contributed by atoms with E-state index in [9.17, 15) is 24.6 Å². The van der Waals surface area contributed by atoms with Crippen LogP contribution in [-0.2, 0) is 19.9 Å². The van der Waals surface area contributed by atoms with Crippen LogP contribution in [0.3, 0.4) is 0 Å². The number of aromatic hydroxyl groups is 2. The Kier molecular flexibility index (Phi) is 9.21. The molecular formula is C38H37N5O7S. The first-order chi connectivity index (χ1) is 24.6. The molecule has 1 spiro atoms. The van der Waals surface area contributed by atoms with Crippen molar-refractivity contribution < 1.29 is 34.1 Å². The quantitative estimate of drug-likeness (QED) is 0.104. The van der Waals surface area contributed by atoms with Gasteiger partial charge in [-0.1, -0.05) is 12.1 Å². The molecule has 0 bridgehead atoms. The Morgan fingerprint density at radius 3 is 2.24 bits per heavy atom. The van der Waals surface area contributed by atoms with E-state index in [1.54, 1.807) is 30.3 Å². The molecule has 12 nitrogen and oxygen atoms in total. The van der Waals surface area contributed by atoms with Crippen LogP contribution in [0.2, 0.25) is 0 Å². The van der Waals surface area contributed by atoms with Gasteiger partial charge in [-0.25, -0.2) is 9.78 Å². The number of esters is 1. The highest BCUT2D eigenvalue weighted by Crippen LogP contribution is 2.57. The number of aromatic nitrogens is 1. The van der Waals surface area contributed by atoms with E-state index in [4.69, 9.17) is 21.7 Å². The molecule has 1 amide bonds. The normalized spacial score (nSPS) is 15.3. The largest absolute Gasteiger partial charge is 0.508 e. The number of hydrogen-bond donors (Lipinski definition) is 4. The number of benzene rings is 3. The molecule has 0 aliphatic carbocycles. The molecule has 51 heavy (non-hydrogen) atoms. The number of amides is 1. The second-order valence-electron chi connectivity index (χ2n) is 12.9. The summed E-state index contributed by atoms with van der Waals surface area (Å²) < 4.78 is 12.1. The maximum absolute atomic E-state index is 13.4. The van der Waals surface area contributed by atoms with Crippen molar-refractivity contribution in [3.05, 3.63) is 101 Å². The summed E-state index contributed by atoms with van der Waals surface area (Å²) in [7, 11) is 0. The van der Waals surface area contributed by atoms with Crippen molar-refractivity contribution in [2.24, 2.45) is 0 Å². The summed E-state index contributed by atoms with van der Waals surface area (Å²) >= 11 is 5.48. The second-order valence-corrected chi connectivity index (χ2v) is 13.3. The lowest BCUT2D eigenvalue weighted by Crippen LogP contribution is -2.49. The number of pyridine rings is 1. The lowest BCUT2D eigenvalue weighted by atomic mass is 9.77. The minimum atomic E-state index is -1.35. The molecule has 1 fully saturated rings. The van der Waals surface area contributed by atoms with Crippen molar-refractivity contribution in [1.82, 2.24) is 15.2 Å². The van der Waals surface area contributed by atoms with Gasteiger partial charge in [-0.15, -0.1) is 0 Å². The van der Waals surface area contributed by atoms with Crippen molar-refractivity contribution in [2.45, 2.75) is 38.2 Å². The number of phenolic OH excluding ortho intramolecular Hbond substituents is 2. The molecule has 0 radical (unpaired) electrons. The number of nitrogens with zero attached hydrogens (tertiary/aromatic N) is 3. The smallest absolute Gasteiger partial charge is 0.340 e. The molecule has 262 valence electrons. The molecule has 4 N–H and O–H groups in total. The third kappa shape index (κ3) is 6.76. The molecule has 7 rings (SSSR count). The van der Waals surface area contributed by atoms with E-state index in [2.05, 4.69) is 20.5 Å². The fraction of sp³-hybridized carbons (Fsp3) is 0.289. The molecule has 1 saturated heterocycles. The van der Waals surface area contributed by atoms with Gasteiger partial charge in [-0.2, -0.15) is 0 Å². The number of carbonyl (C=O) groups is 3. The molecule has 0 saturated carbocycles. The first-order valence-electron chi connectivity index (χ1n) is 16.9. The van der Waals surface area contributed by atoms with Crippen LogP contribution in [0.1, 0.15) is 58.3 Å². The van der Waals surface area contributed by atoms with Crippen LogP contribution in [0, 0.1) is 6.92 Å². The highest BCUT2D eigenvalue weighted by atomic mass is 32.1. The number of fused-ring (bicyclic) bond motifs is 6. The van der Waals surface area contributed by atoms with Crippen molar-refractivity contribution in [3.63, 3.8) is 0 Å². The maximum atomic E-state index is 13.4. The number of rotatable bonds is 9. The summed E-state index contributed by atoms with van der Waals surface area (Å²) in [6, 6.07) is 18.5. The van der Waals surface area contributed by atoms with Crippen LogP contribution >= 0.6 is 12.2 Å². The molecule has 1 aromatic heterocycles. The first-order valence-corrected chi connectivity index (χ1v) is 17.3. The number of phenols is 2. The highest BCUT2D eigenvalue weighted by Gasteiger charge is 2.53. The van der Waals surface area contributed by atoms with E-state index in [0.29, 0.717) is 90.1 Å². The summed E-state index contributed by atoms with van der Waals surface area (Å²) in [6.07, 6.45) is 3.12. The molecule has 0 unspecified atom stereocenters. The third-order valence-electron chi connectivity index (χ3n) is 9.42. The number of nitrogens with one attached hydrogen (secondary N) is 2. The van der Waals surface area contributed by atoms with Gasteiger partial charge in [0, 0.05) is 92.7 Å². The van der Waals surface area contributed by atoms with Gasteiger partial charge >= 0.3 is 5.97 Å². The van der Waals surface area contributed by atoms with Gasteiger partial charge in [-0.3, -0.25) is 9.59 Å². The maximum Gasteiger partial charge on any atom is 0.340 e. The average Bonchev–Trinajstić information content (AvgIpc) is 3.40. The fourth-order valence-corrected chi connectivity index (χ4v) is 7.03. The number of ether oxygens (including phenoxy) is 2. The van der Waals surface area contributed by atoms with E-state index >= 15 is 0 Å². The molecule has 4 heterocycles. The van der Waals surface area contributed by atoms with Gasteiger partial charge < -0.3 is 40.1 Å². The predicted octanol–water partition coefficient (Wildman–Crippen LogP) is 5.13. The van der Waals surface area contributed by atoms with Gasteiger partial charge in [0.25, 0.3) is 0 Å². The number of anilines is 2. The standard InChI is InChI=1S/C38H37N5O7S/c1-23-4-12-34(40-22-23)42-15-17-43(18-16-42)35(47)13-8-25(44)3-2-14-39-37(51)41-24-5-9-29-28(19-24)36(48)50-38(29)30-10-6-26(45)20-32(30)49-33-21-27(46)7-11-31(33)38/h4-7,9-12,19-22,45-46H,2-3,8,13-18H2,1H3,(H2,39,41,51). The number of Topliss-reactive ketones (excluding diaryl/α,β-unsaturated/α-hetero) is 1. The Morgan fingerprint density at radius 1 is 0.882 bits per heavy atom. The Hall–Kier alpha value is -5.69. The van der Waals surface area contributed by atoms with E-state index < -0.39 is 11.6 Å². The molecule has 3 aliphatic heterocycles. The molecule has 3 aromatic carbocycles. The van der Waals surface area contributed by atoms with Crippen LogP contribution < -0.4 is 20.3 Å². The lowest BCUT2D eigenvalue weighted by Gasteiger charge is -2.36. The Bertz CT molecular complexity index is 1980. The minimum Gasteiger partial charge on any atom is -0.508 e. The van der Waals surface area contributed by atoms with Crippen LogP contribution in [0.5, 0.6) is 23.0 Å². The van der Waals surface area contributed by atoms with Gasteiger partial charge in [0.1, 0.15) is 34.6 Å². The second kappa shape index (κ2) is 13.9. The summed E-state index contributed by atoms with van der Waals surface area (Å²) in [4.78, 5) is 47.1. The number of ketones is 1. The summed E-state index contributed by atoms with van der Waals surface area (Å²) in [5.41, 5.74) is 2.31. The van der Waals surface area contributed by atoms with Crippen molar-refractivity contribution in [2.75, 3.05) is 42.9 Å². The summed E-state index contributed by atoms with van der Waals surface area (Å²) in [5.74, 6) is 0.954. The van der Waals surface area contributed by atoms with Crippen LogP contribution in [-0.4, -0.2) is 75.6 Å². The van der Waals surface area contributed by atoms with Crippen LogP contribution in [0.25, 0.3) is 0 Å². The van der Waals surface area contributed by atoms with Gasteiger partial charge in [0.05, 0.1) is 5.56 Å². The number of thiocarbonyl (C=S) groups is 1. The summed E-state index contributed by atoms with van der Waals surface area (Å²) in [6.45, 7) is 5.09. The predicted molar refractivity (Wildman–Crippen MR) is 193 cm³/mol. The van der Waals surface area contributed by atoms with E-state index in [0.717, 1.165) is 11.4 Å². The topological polar surface area (TPSA) is 154 Å². The molecule has 3 aliphatic rings. The van der Waals surface area contributed by atoms with Gasteiger partial charge in [0.15, 0.2) is 10.7 Å². The monoisotopic (exact) mass is 707 g/mol. The zero-order valence-corrected chi connectivity index (χ0v) is 28.8. The third-order valence-corrected chi connectivity index (χ3v) is 9.67. The Labute approximate surface area is 300 Å². The average molecular weight is 708 g/mol. The molecule has 0 atom stereocenters. The highest BCUT2D eigenvalue weighted by molar-refractivity contribution is 7.80. The van der Waals surface area contributed by atoms with E-state index in [-0.39, 0.29) is 36.0 Å². The van der Waals surface area contributed by atoms with Crippen LogP contribution in [0.15, 0.2) is 72.9 Å². The number of hydrogen-bond acceptors (Lipinski definition) is 10. The molecule has 13 heteroatoms. The minimum absolute atomic E-state index is 0.00338. The van der Waals surface area contributed by atoms with Crippen molar-refractivity contribution in [1.29, 1.82) is 0 Å². The Balaban J connectivity index is 0.894. The number of aryl methyl sites for hydroxylation is 1. The SMILES string of the molecule is Cc1ccc(N2CCN(C(=O)CCC(=O)CCCNC(=S)Nc3ccc4c(c3)C(=O)OC43c4ccc(O)cc4Oc4cc(O)ccc43)CC2)nc1. The van der Waals surface area contributed by atoms with E-state index in [1.807, 2.05) is 30.2 Å². The first kappa shape index (κ1) is 33.8. The van der Waals surface area contributed by atoms with Crippen molar-refractivity contribution >= 4 is 46.5 Å². The van der Waals surface area contributed by atoms with Gasteiger partial charge in [-0.05, 0) is 73.6 Å². The zero-order chi connectivity index (χ0) is 35.7. The zero-order valence-electron chi connectivity index (χ0n) is 28.0. The summed E-state index contributed by atoms with van der Waals surface area (Å²) in [5, 5.41) is 26.8. The van der Waals surface area contributed by atoms with Crippen molar-refractivity contribution in [3.8, 4) is 23.0 Å².